The largest absolute Gasteiger partial charge is 0.339 e. The molecular formula is C21H22N2O3S. The Bertz CT molecular complexity index is 932. The molecule has 0 aliphatic carbocycles. The number of hydrogen-bond donors (Lipinski definition) is 0. The Morgan fingerprint density at radius 2 is 1.81 bits per heavy atom. The Labute approximate surface area is 160 Å². The SMILES string of the molecule is N#Cc1ccc(CCC(=O)N2CCCC2CS(=O)(=O)c2ccccc2)cc1. The molecule has 0 spiro atoms. The number of carbonyl (C=O) groups excluding carboxylic acids is 1. The second kappa shape index (κ2) is 8.36. The third kappa shape index (κ3) is 4.75. The number of benzene rings is 2. The van der Waals surface area contributed by atoms with Gasteiger partial charge in [0.1, 0.15) is 0 Å². The highest BCUT2D eigenvalue weighted by Gasteiger charge is 2.32. The predicted octanol–water partition coefficient (Wildman–Crippen LogP) is 2.96. The summed E-state index contributed by atoms with van der Waals surface area (Å²) in [5.41, 5.74) is 1.59. The van der Waals surface area contributed by atoms with Gasteiger partial charge in [-0.25, -0.2) is 8.42 Å². The zero-order valence-corrected chi connectivity index (χ0v) is 15.9. The maximum absolute atomic E-state index is 12.7. The average Bonchev–Trinajstić information content (AvgIpc) is 3.14. The van der Waals surface area contributed by atoms with E-state index >= 15 is 0 Å². The van der Waals surface area contributed by atoms with Crippen molar-refractivity contribution in [2.45, 2.75) is 36.6 Å². The molecule has 1 fully saturated rings. The van der Waals surface area contributed by atoms with Gasteiger partial charge in [0.2, 0.25) is 5.91 Å². The Balaban J connectivity index is 1.61. The Morgan fingerprint density at radius 3 is 2.48 bits per heavy atom. The number of carbonyl (C=O) groups is 1. The molecule has 2 aromatic rings. The minimum atomic E-state index is -3.41. The fourth-order valence-electron chi connectivity index (χ4n) is 3.46. The van der Waals surface area contributed by atoms with Crippen molar-refractivity contribution >= 4 is 15.7 Å². The molecule has 2 aromatic carbocycles. The molecule has 1 saturated heterocycles. The summed E-state index contributed by atoms with van der Waals surface area (Å²) in [5.74, 6) is -0.0373. The van der Waals surface area contributed by atoms with E-state index in [2.05, 4.69) is 6.07 Å². The zero-order valence-electron chi connectivity index (χ0n) is 15.0. The summed E-state index contributed by atoms with van der Waals surface area (Å²) in [7, 11) is -3.41. The van der Waals surface area contributed by atoms with Crippen LogP contribution in [0.25, 0.3) is 0 Å². The van der Waals surface area contributed by atoms with Gasteiger partial charge in [-0.3, -0.25) is 4.79 Å². The quantitative estimate of drug-likeness (QED) is 0.769. The van der Waals surface area contributed by atoms with Crippen molar-refractivity contribution in [2.24, 2.45) is 0 Å². The van der Waals surface area contributed by atoms with Gasteiger partial charge in [-0.05, 0) is 49.1 Å². The molecule has 27 heavy (non-hydrogen) atoms. The molecule has 3 rings (SSSR count). The number of sulfone groups is 1. The summed E-state index contributed by atoms with van der Waals surface area (Å²) in [6, 6.07) is 17.4. The lowest BCUT2D eigenvalue weighted by Crippen LogP contribution is -2.39. The molecule has 1 aliphatic rings. The van der Waals surface area contributed by atoms with Crippen molar-refractivity contribution in [3.05, 3.63) is 65.7 Å². The van der Waals surface area contributed by atoms with E-state index in [1.54, 1.807) is 47.4 Å². The second-order valence-electron chi connectivity index (χ2n) is 6.79. The van der Waals surface area contributed by atoms with Crippen LogP contribution in [0.15, 0.2) is 59.5 Å². The molecule has 6 heteroatoms. The Kier molecular flexibility index (Phi) is 5.92. The van der Waals surface area contributed by atoms with Gasteiger partial charge >= 0.3 is 0 Å². The van der Waals surface area contributed by atoms with Crippen molar-refractivity contribution < 1.29 is 13.2 Å². The van der Waals surface area contributed by atoms with Crippen molar-refractivity contribution in [1.82, 2.24) is 4.90 Å². The van der Waals surface area contributed by atoms with Gasteiger partial charge in [0.05, 0.1) is 22.3 Å². The minimum absolute atomic E-state index is 0.00915. The molecule has 0 bridgehead atoms. The molecule has 1 unspecified atom stereocenters. The lowest BCUT2D eigenvalue weighted by molar-refractivity contribution is -0.131. The van der Waals surface area contributed by atoms with Gasteiger partial charge < -0.3 is 4.90 Å². The number of rotatable bonds is 6. The highest BCUT2D eigenvalue weighted by molar-refractivity contribution is 7.91. The molecule has 1 amide bonds. The third-order valence-corrected chi connectivity index (χ3v) is 6.74. The van der Waals surface area contributed by atoms with E-state index in [1.165, 1.54) is 0 Å². The fourth-order valence-corrected chi connectivity index (χ4v) is 5.07. The summed E-state index contributed by atoms with van der Waals surface area (Å²) >= 11 is 0. The molecule has 0 radical (unpaired) electrons. The summed E-state index contributed by atoms with van der Waals surface area (Å²) in [6.07, 6.45) is 2.47. The van der Waals surface area contributed by atoms with Crippen LogP contribution < -0.4 is 0 Å². The van der Waals surface area contributed by atoms with E-state index in [0.29, 0.717) is 36.3 Å². The van der Waals surface area contributed by atoms with E-state index in [0.717, 1.165) is 12.0 Å². The predicted molar refractivity (Wildman–Crippen MR) is 103 cm³/mol. The molecule has 1 atom stereocenters. The van der Waals surface area contributed by atoms with Crippen LogP contribution >= 0.6 is 0 Å². The third-order valence-electron chi connectivity index (χ3n) is 4.92. The molecule has 0 aromatic heterocycles. The molecule has 5 nitrogen and oxygen atoms in total. The van der Waals surface area contributed by atoms with E-state index in [9.17, 15) is 13.2 Å². The average molecular weight is 382 g/mol. The van der Waals surface area contributed by atoms with Crippen molar-refractivity contribution in [3.63, 3.8) is 0 Å². The number of hydrogen-bond acceptors (Lipinski definition) is 4. The second-order valence-corrected chi connectivity index (χ2v) is 8.82. The number of nitriles is 1. The lowest BCUT2D eigenvalue weighted by Gasteiger charge is -2.24. The maximum Gasteiger partial charge on any atom is 0.223 e. The highest BCUT2D eigenvalue weighted by Crippen LogP contribution is 2.23. The van der Waals surface area contributed by atoms with Crippen LogP contribution in [0.3, 0.4) is 0 Å². The number of aryl methyl sites for hydroxylation is 1. The van der Waals surface area contributed by atoms with Crippen molar-refractivity contribution in [1.29, 1.82) is 5.26 Å². The van der Waals surface area contributed by atoms with Crippen LogP contribution in [0.2, 0.25) is 0 Å². The van der Waals surface area contributed by atoms with Gasteiger partial charge in [0.15, 0.2) is 9.84 Å². The van der Waals surface area contributed by atoms with Crippen LogP contribution in [0.4, 0.5) is 0 Å². The smallest absolute Gasteiger partial charge is 0.223 e. The first-order valence-electron chi connectivity index (χ1n) is 9.06. The van der Waals surface area contributed by atoms with E-state index in [4.69, 9.17) is 5.26 Å². The van der Waals surface area contributed by atoms with Gasteiger partial charge in [-0.1, -0.05) is 30.3 Å². The van der Waals surface area contributed by atoms with Crippen LogP contribution in [0, 0.1) is 11.3 Å². The first-order chi connectivity index (χ1) is 13.0. The lowest BCUT2D eigenvalue weighted by atomic mass is 10.1. The summed E-state index contributed by atoms with van der Waals surface area (Å²) in [5, 5.41) is 8.83. The molecular weight excluding hydrogens is 360 g/mol. The minimum Gasteiger partial charge on any atom is -0.339 e. The van der Waals surface area contributed by atoms with Crippen molar-refractivity contribution in [3.8, 4) is 6.07 Å². The maximum atomic E-state index is 12.7. The highest BCUT2D eigenvalue weighted by atomic mass is 32.2. The van der Waals surface area contributed by atoms with E-state index < -0.39 is 9.84 Å². The zero-order chi connectivity index (χ0) is 19.3. The first-order valence-corrected chi connectivity index (χ1v) is 10.7. The molecule has 1 aliphatic heterocycles. The molecule has 0 N–H and O–H groups in total. The van der Waals surface area contributed by atoms with Crippen molar-refractivity contribution in [2.75, 3.05) is 12.3 Å². The summed E-state index contributed by atoms with van der Waals surface area (Å²) in [6.45, 7) is 0.612. The van der Waals surface area contributed by atoms with Crippen LogP contribution in [0.1, 0.15) is 30.4 Å². The van der Waals surface area contributed by atoms with Gasteiger partial charge in [-0.2, -0.15) is 5.26 Å². The number of amides is 1. The van der Waals surface area contributed by atoms with Crippen LogP contribution in [0.5, 0.6) is 0 Å². The van der Waals surface area contributed by atoms with Gasteiger partial charge in [-0.15, -0.1) is 0 Å². The summed E-state index contributed by atoms with van der Waals surface area (Å²) < 4.78 is 25.3. The number of nitrogens with zero attached hydrogens (tertiary/aromatic N) is 2. The van der Waals surface area contributed by atoms with Crippen LogP contribution in [-0.2, 0) is 21.1 Å². The normalized spacial score (nSPS) is 16.9. The topological polar surface area (TPSA) is 78.2 Å². The first kappa shape index (κ1) is 19.1. The summed E-state index contributed by atoms with van der Waals surface area (Å²) in [4.78, 5) is 14.7. The molecule has 1 heterocycles. The Hall–Kier alpha value is -2.65. The molecule has 140 valence electrons. The van der Waals surface area contributed by atoms with Gasteiger partial charge in [0.25, 0.3) is 0 Å². The molecule has 0 saturated carbocycles. The van der Waals surface area contributed by atoms with Crippen LogP contribution in [-0.4, -0.2) is 37.6 Å². The fraction of sp³-hybridized carbons (Fsp3) is 0.333. The standard InChI is InChI=1S/C21H22N2O3S/c22-15-18-10-8-17(9-11-18)12-13-21(24)23-14-4-5-19(23)16-27(25,26)20-6-2-1-3-7-20/h1-3,6-11,19H,4-5,12-14,16H2. The monoisotopic (exact) mass is 382 g/mol. The van der Waals surface area contributed by atoms with E-state index in [1.807, 2.05) is 12.1 Å². The van der Waals surface area contributed by atoms with Gasteiger partial charge in [0, 0.05) is 19.0 Å². The Morgan fingerprint density at radius 1 is 1.11 bits per heavy atom. The van der Waals surface area contributed by atoms with E-state index in [-0.39, 0.29) is 17.7 Å². The number of likely N-dealkylation sites (tertiary alicyclic amines) is 1.